The molecule has 3 rings (SSSR count). The predicted molar refractivity (Wildman–Crippen MR) is 100 cm³/mol. The number of piperidine rings is 1. The van der Waals surface area contributed by atoms with E-state index in [0.29, 0.717) is 31.6 Å². The number of likely N-dealkylation sites (tertiary alicyclic amines) is 1. The molecule has 2 aromatic rings. The Kier molecular flexibility index (Phi) is 5.90. The Morgan fingerprint density at radius 1 is 1.07 bits per heavy atom. The minimum absolute atomic E-state index is 0.0391. The third-order valence-electron chi connectivity index (χ3n) is 4.58. The first-order valence-electron chi connectivity index (χ1n) is 8.82. The van der Waals surface area contributed by atoms with Crippen LogP contribution in [0.3, 0.4) is 0 Å². The van der Waals surface area contributed by atoms with Crippen LogP contribution in [-0.2, 0) is 0 Å². The topological polar surface area (TPSA) is 70.7 Å². The molecule has 0 aromatic heterocycles. The quantitative estimate of drug-likeness (QED) is 0.867. The van der Waals surface area contributed by atoms with Gasteiger partial charge in [-0.3, -0.25) is 4.79 Å². The summed E-state index contributed by atoms with van der Waals surface area (Å²) in [5.41, 5.74) is 0.730. The number of carbonyl (C=O) groups excluding carboxylic acids is 2. The lowest BCUT2D eigenvalue weighted by Gasteiger charge is -2.32. The Labute approximate surface area is 157 Å². The van der Waals surface area contributed by atoms with Gasteiger partial charge in [-0.2, -0.15) is 0 Å². The Hall–Kier alpha value is -3.09. The van der Waals surface area contributed by atoms with Crippen molar-refractivity contribution in [3.8, 4) is 5.75 Å². The minimum atomic E-state index is -0.536. The van der Waals surface area contributed by atoms with Crippen molar-refractivity contribution in [1.82, 2.24) is 10.2 Å². The fourth-order valence-electron chi connectivity index (χ4n) is 3.01. The number of carbonyl (C=O) groups is 2. The molecule has 0 aliphatic carbocycles. The number of ether oxygens (including phenoxy) is 1. The number of urea groups is 1. The highest BCUT2D eigenvalue weighted by Crippen LogP contribution is 2.17. The number of benzene rings is 2. The molecule has 0 bridgehead atoms. The summed E-state index contributed by atoms with van der Waals surface area (Å²) in [6.07, 6.45) is 1.24. The number of anilines is 1. The molecule has 7 heteroatoms. The van der Waals surface area contributed by atoms with Crippen molar-refractivity contribution in [3.63, 3.8) is 0 Å². The maximum Gasteiger partial charge on any atom is 0.321 e. The molecule has 0 spiro atoms. The van der Waals surface area contributed by atoms with Crippen molar-refractivity contribution in [1.29, 1.82) is 0 Å². The van der Waals surface area contributed by atoms with Crippen molar-refractivity contribution in [3.05, 3.63) is 59.9 Å². The molecule has 0 unspecified atom stereocenters. The highest BCUT2D eigenvalue weighted by Gasteiger charge is 2.24. The van der Waals surface area contributed by atoms with E-state index in [0.717, 1.165) is 5.75 Å². The van der Waals surface area contributed by atoms with Crippen molar-refractivity contribution in [2.75, 3.05) is 25.5 Å². The molecule has 3 amide bonds. The zero-order valence-corrected chi connectivity index (χ0v) is 15.1. The Balaban J connectivity index is 1.48. The number of rotatable bonds is 4. The molecule has 1 fully saturated rings. The first kappa shape index (κ1) is 18.7. The van der Waals surface area contributed by atoms with Gasteiger partial charge in [-0.15, -0.1) is 0 Å². The van der Waals surface area contributed by atoms with E-state index in [2.05, 4.69) is 10.6 Å². The number of amides is 3. The van der Waals surface area contributed by atoms with Crippen LogP contribution < -0.4 is 15.4 Å². The smallest absolute Gasteiger partial charge is 0.321 e. The molecule has 1 saturated heterocycles. The van der Waals surface area contributed by atoms with Gasteiger partial charge in [0.2, 0.25) is 0 Å². The van der Waals surface area contributed by atoms with E-state index in [9.17, 15) is 14.0 Å². The predicted octanol–water partition coefficient (Wildman–Crippen LogP) is 3.26. The Bertz CT molecular complexity index is 802. The number of nitrogens with one attached hydrogen (secondary N) is 2. The lowest BCUT2D eigenvalue weighted by Crippen LogP contribution is -2.47. The van der Waals surface area contributed by atoms with Crippen molar-refractivity contribution >= 4 is 17.6 Å². The number of hydrogen-bond donors (Lipinski definition) is 2. The van der Waals surface area contributed by atoms with E-state index in [1.165, 1.54) is 12.1 Å². The molecular weight excluding hydrogens is 349 g/mol. The van der Waals surface area contributed by atoms with Gasteiger partial charge in [0.25, 0.3) is 5.91 Å². The molecule has 2 N–H and O–H groups in total. The van der Waals surface area contributed by atoms with Crippen LogP contribution in [0.5, 0.6) is 5.75 Å². The van der Waals surface area contributed by atoms with Gasteiger partial charge in [0.15, 0.2) is 0 Å². The summed E-state index contributed by atoms with van der Waals surface area (Å²) in [6, 6.07) is 12.7. The third kappa shape index (κ3) is 4.75. The molecule has 0 saturated carbocycles. The summed E-state index contributed by atoms with van der Waals surface area (Å²) in [5, 5.41) is 5.69. The van der Waals surface area contributed by atoms with Crippen molar-refractivity contribution in [2.45, 2.75) is 18.9 Å². The molecule has 6 nitrogen and oxygen atoms in total. The summed E-state index contributed by atoms with van der Waals surface area (Å²) in [5.74, 6) is -0.236. The number of hydrogen-bond acceptors (Lipinski definition) is 3. The summed E-state index contributed by atoms with van der Waals surface area (Å²) in [7, 11) is 1.59. The van der Waals surface area contributed by atoms with Gasteiger partial charge in [0.1, 0.15) is 11.6 Å². The standard InChI is InChI=1S/C20H22FN3O3/c1-27-16-8-6-14(7-9-16)23-20(26)24-12-10-15(11-13-24)22-19(25)17-4-2-3-5-18(17)21/h2-9,15H,10-13H2,1H3,(H,22,25)(H,23,26). The van der Waals surface area contributed by atoms with Crippen LogP contribution in [0.1, 0.15) is 23.2 Å². The van der Waals surface area contributed by atoms with Crippen LogP contribution in [0, 0.1) is 5.82 Å². The zero-order valence-electron chi connectivity index (χ0n) is 15.1. The fraction of sp³-hybridized carbons (Fsp3) is 0.300. The van der Waals surface area contributed by atoms with Crippen LogP contribution in [0.2, 0.25) is 0 Å². The summed E-state index contributed by atoms with van der Waals surface area (Å²) in [6.45, 7) is 1.04. The Morgan fingerprint density at radius 3 is 2.37 bits per heavy atom. The second kappa shape index (κ2) is 8.53. The number of methoxy groups -OCH3 is 1. The van der Waals surface area contributed by atoms with E-state index in [4.69, 9.17) is 4.74 Å². The molecule has 1 aliphatic rings. The van der Waals surface area contributed by atoms with Gasteiger partial charge in [-0.25, -0.2) is 9.18 Å². The van der Waals surface area contributed by atoms with E-state index in [1.807, 2.05) is 0 Å². The van der Waals surface area contributed by atoms with Crippen LogP contribution in [0.4, 0.5) is 14.9 Å². The summed E-state index contributed by atoms with van der Waals surface area (Å²) < 4.78 is 18.8. The fourth-order valence-corrected chi connectivity index (χ4v) is 3.01. The maximum atomic E-state index is 13.7. The Morgan fingerprint density at radius 2 is 1.74 bits per heavy atom. The molecule has 0 atom stereocenters. The van der Waals surface area contributed by atoms with E-state index < -0.39 is 11.7 Å². The summed E-state index contributed by atoms with van der Waals surface area (Å²) >= 11 is 0. The lowest BCUT2D eigenvalue weighted by atomic mass is 10.0. The maximum absolute atomic E-state index is 13.7. The summed E-state index contributed by atoms with van der Waals surface area (Å²) in [4.78, 5) is 26.3. The second-order valence-electron chi connectivity index (χ2n) is 6.37. The molecule has 27 heavy (non-hydrogen) atoms. The van der Waals surface area contributed by atoms with Crippen molar-refractivity contribution in [2.24, 2.45) is 0 Å². The van der Waals surface area contributed by atoms with Crippen LogP contribution >= 0.6 is 0 Å². The molecule has 1 aliphatic heterocycles. The monoisotopic (exact) mass is 371 g/mol. The van der Waals surface area contributed by atoms with Gasteiger partial charge in [-0.1, -0.05) is 12.1 Å². The first-order valence-corrected chi connectivity index (χ1v) is 8.82. The van der Waals surface area contributed by atoms with Gasteiger partial charge < -0.3 is 20.3 Å². The highest BCUT2D eigenvalue weighted by atomic mass is 19.1. The zero-order chi connectivity index (χ0) is 19.2. The molecule has 142 valence electrons. The SMILES string of the molecule is COc1ccc(NC(=O)N2CCC(NC(=O)c3ccccc3F)CC2)cc1. The largest absolute Gasteiger partial charge is 0.497 e. The second-order valence-corrected chi connectivity index (χ2v) is 6.37. The van der Waals surface area contributed by atoms with Crippen molar-refractivity contribution < 1.29 is 18.7 Å². The third-order valence-corrected chi connectivity index (χ3v) is 4.58. The number of halogens is 1. The molecular formula is C20H22FN3O3. The molecule has 2 aromatic carbocycles. The average Bonchev–Trinajstić information content (AvgIpc) is 2.69. The van der Waals surface area contributed by atoms with E-state index in [1.54, 1.807) is 48.4 Å². The van der Waals surface area contributed by atoms with Crippen LogP contribution in [0.15, 0.2) is 48.5 Å². The van der Waals surface area contributed by atoms with Crippen LogP contribution in [-0.4, -0.2) is 43.1 Å². The van der Waals surface area contributed by atoms with Crippen LogP contribution in [0.25, 0.3) is 0 Å². The normalized spacial score (nSPS) is 14.5. The number of nitrogens with zero attached hydrogens (tertiary/aromatic N) is 1. The molecule has 1 heterocycles. The van der Waals surface area contributed by atoms with Gasteiger partial charge in [0, 0.05) is 24.8 Å². The van der Waals surface area contributed by atoms with Gasteiger partial charge >= 0.3 is 6.03 Å². The highest BCUT2D eigenvalue weighted by molar-refractivity contribution is 5.94. The van der Waals surface area contributed by atoms with Gasteiger partial charge in [0.05, 0.1) is 12.7 Å². The lowest BCUT2D eigenvalue weighted by molar-refractivity contribution is 0.0915. The van der Waals surface area contributed by atoms with E-state index in [-0.39, 0.29) is 17.6 Å². The molecule has 0 radical (unpaired) electrons. The first-order chi connectivity index (χ1) is 13.1. The van der Waals surface area contributed by atoms with Gasteiger partial charge in [-0.05, 0) is 49.2 Å². The average molecular weight is 371 g/mol. The minimum Gasteiger partial charge on any atom is -0.497 e. The van der Waals surface area contributed by atoms with E-state index >= 15 is 0 Å².